The van der Waals surface area contributed by atoms with Gasteiger partial charge < -0.3 is 15.0 Å². The summed E-state index contributed by atoms with van der Waals surface area (Å²) >= 11 is 0. The highest BCUT2D eigenvalue weighted by atomic mass is 19.1. The Morgan fingerprint density at radius 2 is 2.12 bits per heavy atom. The van der Waals surface area contributed by atoms with E-state index in [-0.39, 0.29) is 23.9 Å². The average molecular weight is 353 g/mol. The summed E-state index contributed by atoms with van der Waals surface area (Å²) in [6.45, 7) is 3.83. The van der Waals surface area contributed by atoms with Crippen LogP contribution in [0, 0.1) is 17.6 Å². The Kier molecular flexibility index (Phi) is 7.16. The van der Waals surface area contributed by atoms with Crippen molar-refractivity contribution < 1.29 is 18.3 Å². The van der Waals surface area contributed by atoms with Crippen LogP contribution in [0.2, 0.25) is 0 Å². The van der Waals surface area contributed by atoms with E-state index in [9.17, 15) is 13.6 Å². The number of piperidine rings is 1. The van der Waals surface area contributed by atoms with Crippen molar-refractivity contribution in [2.24, 2.45) is 10.9 Å². The minimum absolute atomic E-state index is 0.0634. The molecule has 0 saturated carbocycles. The van der Waals surface area contributed by atoms with Crippen LogP contribution >= 0.6 is 0 Å². The number of hydrogen-bond acceptors (Lipinski definition) is 3. The Bertz CT molecular complexity index is 602. The lowest BCUT2D eigenvalue weighted by Gasteiger charge is -2.34. The van der Waals surface area contributed by atoms with Gasteiger partial charge in [0, 0.05) is 32.2 Å². The fourth-order valence-electron chi connectivity index (χ4n) is 3.02. The summed E-state index contributed by atoms with van der Waals surface area (Å²) in [4.78, 5) is 18.1. The molecule has 1 aromatic rings. The number of likely N-dealkylation sites (tertiary alicyclic amines) is 1. The van der Waals surface area contributed by atoms with Crippen LogP contribution in [0.15, 0.2) is 23.2 Å². The smallest absolute Gasteiger partial charge is 0.310 e. The Labute approximate surface area is 147 Å². The molecule has 1 N–H and O–H groups in total. The van der Waals surface area contributed by atoms with Crippen LogP contribution in [0.25, 0.3) is 0 Å². The van der Waals surface area contributed by atoms with Gasteiger partial charge in [0.05, 0.1) is 12.5 Å². The maximum atomic E-state index is 13.7. The molecular formula is C18H25F2N3O2. The van der Waals surface area contributed by atoms with Crippen molar-refractivity contribution in [2.45, 2.75) is 26.2 Å². The van der Waals surface area contributed by atoms with Crippen molar-refractivity contribution in [3.05, 3.63) is 35.4 Å². The standard InChI is InChI=1S/C18H25F2N3O2/c1-3-25-17(24)13-6-5-11-23(12-13)18(21-2)22-10-9-14-15(19)7-4-8-16(14)20/h4,7-8,13H,3,5-6,9-12H2,1-2H3,(H,21,22). The van der Waals surface area contributed by atoms with Gasteiger partial charge in [-0.15, -0.1) is 0 Å². The molecule has 5 nitrogen and oxygen atoms in total. The minimum atomic E-state index is -0.544. The second kappa shape index (κ2) is 9.34. The third-order valence-electron chi connectivity index (χ3n) is 4.27. The molecule has 1 saturated heterocycles. The number of hydrogen-bond donors (Lipinski definition) is 1. The number of esters is 1. The number of nitrogens with zero attached hydrogens (tertiary/aromatic N) is 2. The number of nitrogens with one attached hydrogen (secondary N) is 1. The number of carbonyl (C=O) groups is 1. The summed E-state index contributed by atoms with van der Waals surface area (Å²) in [5, 5.41) is 3.12. The van der Waals surface area contributed by atoms with Crippen molar-refractivity contribution in [3.63, 3.8) is 0 Å². The van der Waals surface area contributed by atoms with E-state index in [4.69, 9.17) is 4.74 Å². The molecule has 2 rings (SSSR count). The van der Waals surface area contributed by atoms with E-state index in [1.807, 2.05) is 4.90 Å². The minimum Gasteiger partial charge on any atom is -0.466 e. The summed E-state index contributed by atoms with van der Waals surface area (Å²) in [6.07, 6.45) is 1.88. The molecule has 1 aliphatic rings. The molecule has 1 aromatic carbocycles. The fourth-order valence-corrected chi connectivity index (χ4v) is 3.02. The predicted molar refractivity (Wildman–Crippen MR) is 92.4 cm³/mol. The first kappa shape index (κ1) is 19.1. The van der Waals surface area contributed by atoms with Crippen molar-refractivity contribution in [2.75, 3.05) is 33.3 Å². The monoisotopic (exact) mass is 353 g/mol. The van der Waals surface area contributed by atoms with Crippen LogP contribution in [-0.2, 0) is 16.0 Å². The maximum Gasteiger partial charge on any atom is 0.310 e. The highest BCUT2D eigenvalue weighted by molar-refractivity contribution is 5.81. The van der Waals surface area contributed by atoms with Crippen LogP contribution in [0.1, 0.15) is 25.3 Å². The van der Waals surface area contributed by atoms with E-state index in [0.717, 1.165) is 19.4 Å². The zero-order valence-electron chi connectivity index (χ0n) is 14.7. The summed E-state index contributed by atoms with van der Waals surface area (Å²) < 4.78 is 32.4. The number of benzene rings is 1. The van der Waals surface area contributed by atoms with Gasteiger partial charge in [-0.2, -0.15) is 0 Å². The van der Waals surface area contributed by atoms with E-state index in [1.165, 1.54) is 18.2 Å². The van der Waals surface area contributed by atoms with E-state index >= 15 is 0 Å². The van der Waals surface area contributed by atoms with Crippen molar-refractivity contribution >= 4 is 11.9 Å². The molecule has 7 heteroatoms. The third kappa shape index (κ3) is 5.14. The summed E-state index contributed by atoms with van der Waals surface area (Å²) in [7, 11) is 1.65. The van der Waals surface area contributed by atoms with Crippen LogP contribution in [0.3, 0.4) is 0 Å². The number of carbonyl (C=O) groups excluding carboxylic acids is 1. The number of ether oxygens (including phenoxy) is 1. The number of rotatable bonds is 5. The highest BCUT2D eigenvalue weighted by Gasteiger charge is 2.28. The second-order valence-electron chi connectivity index (χ2n) is 5.96. The lowest BCUT2D eigenvalue weighted by molar-refractivity contribution is -0.149. The molecule has 0 spiro atoms. The van der Waals surface area contributed by atoms with Gasteiger partial charge in [-0.1, -0.05) is 6.07 Å². The molecule has 1 heterocycles. The Hall–Kier alpha value is -2.18. The van der Waals surface area contributed by atoms with Gasteiger partial charge in [0.15, 0.2) is 5.96 Å². The topological polar surface area (TPSA) is 53.9 Å². The number of guanidine groups is 1. The Balaban J connectivity index is 1.90. The quantitative estimate of drug-likeness (QED) is 0.502. The summed E-state index contributed by atoms with van der Waals surface area (Å²) in [5.74, 6) is -0.813. The average Bonchev–Trinajstić information content (AvgIpc) is 2.61. The van der Waals surface area contributed by atoms with Gasteiger partial charge >= 0.3 is 5.97 Å². The maximum absolute atomic E-state index is 13.7. The van der Waals surface area contributed by atoms with Crippen LogP contribution < -0.4 is 5.32 Å². The van der Waals surface area contributed by atoms with Crippen molar-refractivity contribution in [3.8, 4) is 0 Å². The molecule has 0 aliphatic carbocycles. The Morgan fingerprint density at radius 3 is 2.76 bits per heavy atom. The van der Waals surface area contributed by atoms with Gasteiger partial charge in [-0.3, -0.25) is 9.79 Å². The lowest BCUT2D eigenvalue weighted by atomic mass is 9.98. The summed E-state index contributed by atoms with van der Waals surface area (Å²) in [6, 6.07) is 3.85. The van der Waals surface area contributed by atoms with Crippen molar-refractivity contribution in [1.82, 2.24) is 10.2 Å². The third-order valence-corrected chi connectivity index (χ3v) is 4.27. The molecule has 1 fully saturated rings. The van der Waals surface area contributed by atoms with Crippen LogP contribution in [-0.4, -0.2) is 50.1 Å². The van der Waals surface area contributed by atoms with Gasteiger partial charge in [-0.25, -0.2) is 8.78 Å². The van der Waals surface area contributed by atoms with Crippen LogP contribution in [0.5, 0.6) is 0 Å². The predicted octanol–water partition coefficient (Wildman–Crippen LogP) is 2.36. The zero-order valence-corrected chi connectivity index (χ0v) is 14.7. The highest BCUT2D eigenvalue weighted by Crippen LogP contribution is 2.18. The molecule has 1 aliphatic heterocycles. The lowest BCUT2D eigenvalue weighted by Crippen LogP contribution is -2.48. The van der Waals surface area contributed by atoms with Crippen LogP contribution in [0.4, 0.5) is 8.78 Å². The van der Waals surface area contributed by atoms with E-state index < -0.39 is 11.6 Å². The molecule has 25 heavy (non-hydrogen) atoms. The molecule has 0 radical (unpaired) electrons. The molecule has 0 aromatic heterocycles. The molecule has 1 unspecified atom stereocenters. The normalized spacial score (nSPS) is 18.2. The first-order valence-corrected chi connectivity index (χ1v) is 8.62. The molecule has 0 amide bonds. The molecule has 1 atom stereocenters. The number of halogens is 2. The number of aliphatic imine (C=N–C) groups is 1. The van der Waals surface area contributed by atoms with E-state index in [2.05, 4.69) is 10.3 Å². The largest absolute Gasteiger partial charge is 0.466 e. The first-order valence-electron chi connectivity index (χ1n) is 8.62. The molecule has 0 bridgehead atoms. The van der Waals surface area contributed by atoms with Gasteiger partial charge in [0.1, 0.15) is 11.6 Å². The molecule has 138 valence electrons. The zero-order chi connectivity index (χ0) is 18.2. The molecular weight excluding hydrogens is 328 g/mol. The van der Waals surface area contributed by atoms with E-state index in [0.29, 0.717) is 25.7 Å². The van der Waals surface area contributed by atoms with Gasteiger partial charge in [0.2, 0.25) is 0 Å². The van der Waals surface area contributed by atoms with Gasteiger partial charge in [-0.05, 0) is 38.3 Å². The summed E-state index contributed by atoms with van der Waals surface area (Å²) in [5.41, 5.74) is 0.0634. The Morgan fingerprint density at radius 1 is 1.40 bits per heavy atom. The van der Waals surface area contributed by atoms with E-state index in [1.54, 1.807) is 14.0 Å². The van der Waals surface area contributed by atoms with Gasteiger partial charge in [0.25, 0.3) is 0 Å². The second-order valence-corrected chi connectivity index (χ2v) is 5.96. The SMILES string of the molecule is CCOC(=O)C1CCCN(C(=NC)NCCc2c(F)cccc2F)C1. The van der Waals surface area contributed by atoms with Crippen molar-refractivity contribution in [1.29, 1.82) is 0 Å². The first-order chi connectivity index (χ1) is 12.1. The fraction of sp³-hybridized carbons (Fsp3) is 0.556.